The molecular formula is C18H21ClN2O3. The molecule has 3 rings (SSSR count). The Kier molecular flexibility index (Phi) is 5.93. The summed E-state index contributed by atoms with van der Waals surface area (Å²) >= 11 is 0. The lowest BCUT2D eigenvalue weighted by Crippen LogP contribution is -2.19. The fourth-order valence-electron chi connectivity index (χ4n) is 2.82. The summed E-state index contributed by atoms with van der Waals surface area (Å²) in [5.41, 5.74) is 3.40. The Morgan fingerprint density at radius 2 is 2.00 bits per heavy atom. The van der Waals surface area contributed by atoms with Crippen LogP contribution in [0.1, 0.15) is 22.3 Å². The van der Waals surface area contributed by atoms with Gasteiger partial charge in [0.2, 0.25) is 0 Å². The Morgan fingerprint density at radius 3 is 2.75 bits per heavy atom. The predicted molar refractivity (Wildman–Crippen MR) is 98.0 cm³/mol. The third-order valence-corrected chi connectivity index (χ3v) is 3.99. The number of fused-ring (bicyclic) bond motifs is 1. The molecule has 0 atom stereocenters. The van der Waals surface area contributed by atoms with Gasteiger partial charge in [0.05, 0.1) is 19.9 Å². The number of hydrogen-bond donors (Lipinski definition) is 2. The lowest BCUT2D eigenvalue weighted by atomic mass is 9.97. The number of amides is 1. The van der Waals surface area contributed by atoms with E-state index in [1.807, 2.05) is 18.2 Å². The molecule has 0 unspecified atom stereocenters. The van der Waals surface area contributed by atoms with E-state index in [-0.39, 0.29) is 18.3 Å². The van der Waals surface area contributed by atoms with Crippen LogP contribution in [-0.4, -0.2) is 26.7 Å². The smallest absolute Gasteiger partial charge is 0.256 e. The van der Waals surface area contributed by atoms with Gasteiger partial charge in [0.1, 0.15) is 11.5 Å². The number of methoxy groups -OCH3 is 2. The van der Waals surface area contributed by atoms with Crippen molar-refractivity contribution in [3.8, 4) is 11.5 Å². The van der Waals surface area contributed by atoms with Crippen molar-refractivity contribution in [2.24, 2.45) is 0 Å². The molecule has 2 aromatic rings. The van der Waals surface area contributed by atoms with Crippen molar-refractivity contribution in [3.05, 3.63) is 47.5 Å². The van der Waals surface area contributed by atoms with Gasteiger partial charge in [-0.2, -0.15) is 0 Å². The molecule has 1 amide bonds. The normalized spacial score (nSPS) is 12.2. The fraction of sp³-hybridized carbons (Fsp3) is 0.278. The molecule has 0 aromatic heterocycles. The number of rotatable bonds is 4. The zero-order chi connectivity index (χ0) is 16.2. The molecule has 0 spiro atoms. The van der Waals surface area contributed by atoms with E-state index in [0.717, 1.165) is 30.6 Å². The van der Waals surface area contributed by atoms with Gasteiger partial charge in [-0.3, -0.25) is 4.79 Å². The Morgan fingerprint density at radius 1 is 1.17 bits per heavy atom. The third-order valence-electron chi connectivity index (χ3n) is 3.99. The Labute approximate surface area is 147 Å². The minimum absolute atomic E-state index is 0. The van der Waals surface area contributed by atoms with Crippen LogP contribution in [0.2, 0.25) is 0 Å². The van der Waals surface area contributed by atoms with Crippen molar-refractivity contribution in [1.29, 1.82) is 0 Å². The number of hydrogen-bond acceptors (Lipinski definition) is 4. The highest BCUT2D eigenvalue weighted by Crippen LogP contribution is 2.31. The molecule has 2 N–H and O–H groups in total. The van der Waals surface area contributed by atoms with E-state index in [1.54, 1.807) is 32.4 Å². The van der Waals surface area contributed by atoms with E-state index in [4.69, 9.17) is 9.47 Å². The third kappa shape index (κ3) is 3.57. The Bertz CT molecular complexity index is 734. The van der Waals surface area contributed by atoms with Crippen molar-refractivity contribution < 1.29 is 14.3 Å². The van der Waals surface area contributed by atoms with E-state index < -0.39 is 0 Å². The van der Waals surface area contributed by atoms with Gasteiger partial charge >= 0.3 is 0 Å². The zero-order valence-corrected chi connectivity index (χ0v) is 14.5. The maximum absolute atomic E-state index is 12.7. The highest BCUT2D eigenvalue weighted by Gasteiger charge is 2.18. The first-order valence-electron chi connectivity index (χ1n) is 7.62. The summed E-state index contributed by atoms with van der Waals surface area (Å²) < 4.78 is 10.5. The monoisotopic (exact) mass is 348 g/mol. The maximum atomic E-state index is 12.7. The molecule has 1 aliphatic rings. The molecule has 0 bridgehead atoms. The molecule has 0 radical (unpaired) electrons. The maximum Gasteiger partial charge on any atom is 0.256 e. The van der Waals surface area contributed by atoms with Crippen molar-refractivity contribution in [3.63, 3.8) is 0 Å². The van der Waals surface area contributed by atoms with Gasteiger partial charge in [0.25, 0.3) is 5.91 Å². The largest absolute Gasteiger partial charge is 0.497 e. The molecule has 1 heterocycles. The minimum atomic E-state index is -0.142. The summed E-state index contributed by atoms with van der Waals surface area (Å²) in [6.07, 6.45) is 1.93. The average molecular weight is 349 g/mol. The number of ether oxygens (including phenoxy) is 2. The molecule has 0 saturated heterocycles. The van der Waals surface area contributed by atoms with E-state index in [1.165, 1.54) is 0 Å². The zero-order valence-electron chi connectivity index (χ0n) is 13.7. The van der Waals surface area contributed by atoms with Crippen molar-refractivity contribution in [2.45, 2.75) is 12.8 Å². The highest BCUT2D eigenvalue weighted by molar-refractivity contribution is 6.07. The Hall–Kier alpha value is -2.40. The molecule has 24 heavy (non-hydrogen) atoms. The molecule has 0 saturated carbocycles. The quantitative estimate of drug-likeness (QED) is 0.883. The summed E-state index contributed by atoms with van der Waals surface area (Å²) in [5, 5.41) is 6.27. The van der Waals surface area contributed by atoms with Gasteiger partial charge in [-0.05, 0) is 42.7 Å². The van der Waals surface area contributed by atoms with E-state index in [0.29, 0.717) is 22.7 Å². The van der Waals surface area contributed by atoms with Crippen LogP contribution < -0.4 is 20.1 Å². The second kappa shape index (κ2) is 7.93. The average Bonchev–Trinajstić information content (AvgIpc) is 2.61. The first kappa shape index (κ1) is 17.9. The fourth-order valence-corrected chi connectivity index (χ4v) is 2.82. The standard InChI is InChI=1S/C18H20N2O3.ClH/c1-22-12-8-9-17(23-2)16(11-12)20-18(21)14-5-3-7-15-13(14)6-4-10-19-15;/h3,5,7-9,11,19H,4,6,10H2,1-2H3,(H,20,21);1H. The number of benzene rings is 2. The number of anilines is 2. The van der Waals surface area contributed by atoms with Gasteiger partial charge in [-0.1, -0.05) is 6.07 Å². The van der Waals surface area contributed by atoms with Crippen LogP contribution in [0.15, 0.2) is 36.4 Å². The van der Waals surface area contributed by atoms with E-state index >= 15 is 0 Å². The summed E-state index contributed by atoms with van der Waals surface area (Å²) in [6, 6.07) is 11.1. The van der Waals surface area contributed by atoms with Crippen LogP contribution in [0.5, 0.6) is 11.5 Å². The molecule has 5 nitrogen and oxygen atoms in total. The molecule has 0 fully saturated rings. The summed E-state index contributed by atoms with van der Waals surface area (Å²) in [5.74, 6) is 1.12. The van der Waals surface area contributed by atoms with Gasteiger partial charge in [-0.25, -0.2) is 0 Å². The second-order valence-electron chi connectivity index (χ2n) is 5.38. The van der Waals surface area contributed by atoms with Gasteiger partial charge < -0.3 is 20.1 Å². The molecule has 1 aliphatic heterocycles. The predicted octanol–water partition coefficient (Wildman–Crippen LogP) is 3.74. The van der Waals surface area contributed by atoms with Gasteiger partial charge in [0, 0.05) is 23.9 Å². The lowest BCUT2D eigenvalue weighted by molar-refractivity contribution is 0.102. The number of carbonyl (C=O) groups excluding carboxylic acids is 1. The SMILES string of the molecule is COc1ccc(OC)c(NC(=O)c2cccc3c2CCCN3)c1.Cl. The minimum Gasteiger partial charge on any atom is -0.497 e. The Balaban J connectivity index is 0.00000208. The molecule has 128 valence electrons. The van der Waals surface area contributed by atoms with Gasteiger partial charge in [-0.15, -0.1) is 12.4 Å². The lowest BCUT2D eigenvalue weighted by Gasteiger charge is -2.21. The van der Waals surface area contributed by atoms with Crippen LogP contribution in [-0.2, 0) is 6.42 Å². The molecule has 6 heteroatoms. The molecule has 0 aliphatic carbocycles. The molecular weight excluding hydrogens is 328 g/mol. The van der Waals surface area contributed by atoms with Crippen molar-refractivity contribution in [1.82, 2.24) is 0 Å². The van der Waals surface area contributed by atoms with Crippen LogP contribution in [0, 0.1) is 0 Å². The number of carbonyl (C=O) groups is 1. The second-order valence-corrected chi connectivity index (χ2v) is 5.38. The van der Waals surface area contributed by atoms with E-state index in [2.05, 4.69) is 10.6 Å². The van der Waals surface area contributed by atoms with Crippen LogP contribution in [0.25, 0.3) is 0 Å². The first-order chi connectivity index (χ1) is 11.2. The van der Waals surface area contributed by atoms with Gasteiger partial charge in [0.15, 0.2) is 0 Å². The topological polar surface area (TPSA) is 59.6 Å². The van der Waals surface area contributed by atoms with E-state index in [9.17, 15) is 4.79 Å². The highest BCUT2D eigenvalue weighted by atomic mass is 35.5. The summed E-state index contributed by atoms with van der Waals surface area (Å²) in [4.78, 5) is 12.7. The number of nitrogens with one attached hydrogen (secondary N) is 2. The van der Waals surface area contributed by atoms with Crippen LogP contribution in [0.4, 0.5) is 11.4 Å². The molecule has 2 aromatic carbocycles. The van der Waals surface area contributed by atoms with Crippen LogP contribution >= 0.6 is 12.4 Å². The van der Waals surface area contributed by atoms with Crippen LogP contribution in [0.3, 0.4) is 0 Å². The first-order valence-corrected chi connectivity index (χ1v) is 7.62. The van der Waals surface area contributed by atoms with Crippen molar-refractivity contribution >= 4 is 29.7 Å². The summed E-state index contributed by atoms with van der Waals surface area (Å²) in [6.45, 7) is 0.946. The summed E-state index contributed by atoms with van der Waals surface area (Å²) in [7, 11) is 3.17. The van der Waals surface area contributed by atoms with Crippen molar-refractivity contribution in [2.75, 3.05) is 31.4 Å². The number of halogens is 1.